The zero-order valence-electron chi connectivity index (χ0n) is 13.1. The molecule has 0 saturated carbocycles. The van der Waals surface area contributed by atoms with E-state index in [1.54, 1.807) is 12.4 Å². The smallest absolute Gasteiger partial charge is 0.234 e. The largest absolute Gasteiger partial charge is 0.477 e. The molecule has 0 radical (unpaired) electrons. The number of aromatic nitrogens is 2. The fraction of sp³-hybridized carbons (Fsp3) is 0.412. The standard InChI is InChI=1S/C17H20ClN3O2/c1-2-23-16-12-19-11-15(20-16)21-9-7-17(22,8-10-21)13-5-3-4-6-14(13)18/h3-6,11-12,22H,2,7-10H2,1H3. The van der Waals surface area contributed by atoms with E-state index >= 15 is 0 Å². The molecule has 1 saturated heterocycles. The molecule has 122 valence electrons. The van der Waals surface area contributed by atoms with E-state index in [1.165, 1.54) is 0 Å². The second-order valence-corrected chi connectivity index (χ2v) is 6.05. The Morgan fingerprint density at radius 2 is 2.00 bits per heavy atom. The van der Waals surface area contributed by atoms with Crippen LogP contribution in [0.4, 0.5) is 5.82 Å². The van der Waals surface area contributed by atoms with E-state index < -0.39 is 5.60 Å². The minimum atomic E-state index is -0.889. The molecule has 3 rings (SSSR count). The van der Waals surface area contributed by atoms with E-state index in [0.29, 0.717) is 43.4 Å². The highest BCUT2D eigenvalue weighted by atomic mass is 35.5. The molecule has 0 atom stereocenters. The molecule has 0 aliphatic carbocycles. The quantitative estimate of drug-likeness (QED) is 0.932. The lowest BCUT2D eigenvalue weighted by atomic mass is 9.84. The normalized spacial score (nSPS) is 17.1. The highest BCUT2D eigenvalue weighted by Crippen LogP contribution is 2.37. The Balaban J connectivity index is 1.73. The minimum Gasteiger partial charge on any atom is -0.477 e. The van der Waals surface area contributed by atoms with Gasteiger partial charge in [-0.25, -0.2) is 0 Å². The summed E-state index contributed by atoms with van der Waals surface area (Å²) in [5.41, 5.74) is -0.0877. The van der Waals surface area contributed by atoms with Crippen molar-refractivity contribution in [2.24, 2.45) is 0 Å². The zero-order valence-corrected chi connectivity index (χ0v) is 13.8. The van der Waals surface area contributed by atoms with Gasteiger partial charge in [-0.2, -0.15) is 4.98 Å². The van der Waals surface area contributed by atoms with Crippen molar-refractivity contribution in [3.63, 3.8) is 0 Å². The van der Waals surface area contributed by atoms with Gasteiger partial charge >= 0.3 is 0 Å². The second-order valence-electron chi connectivity index (χ2n) is 5.65. The summed E-state index contributed by atoms with van der Waals surface area (Å²) < 4.78 is 5.40. The Kier molecular flexibility index (Phi) is 4.68. The third-order valence-electron chi connectivity index (χ3n) is 4.18. The highest BCUT2D eigenvalue weighted by molar-refractivity contribution is 6.31. The number of hydrogen-bond donors (Lipinski definition) is 1. The molecule has 23 heavy (non-hydrogen) atoms. The molecule has 0 unspecified atom stereocenters. The van der Waals surface area contributed by atoms with E-state index in [4.69, 9.17) is 16.3 Å². The van der Waals surface area contributed by atoms with E-state index in [-0.39, 0.29) is 0 Å². The summed E-state index contributed by atoms with van der Waals surface area (Å²) in [5, 5.41) is 11.6. The van der Waals surface area contributed by atoms with Gasteiger partial charge in [-0.05, 0) is 25.8 Å². The lowest BCUT2D eigenvalue weighted by Crippen LogP contribution is -2.43. The Morgan fingerprint density at radius 3 is 2.70 bits per heavy atom. The van der Waals surface area contributed by atoms with E-state index in [1.807, 2.05) is 31.2 Å². The summed E-state index contributed by atoms with van der Waals surface area (Å²) in [4.78, 5) is 10.7. The Labute approximate surface area is 140 Å². The van der Waals surface area contributed by atoms with Gasteiger partial charge in [-0.1, -0.05) is 29.8 Å². The van der Waals surface area contributed by atoms with Crippen molar-refractivity contribution in [2.45, 2.75) is 25.4 Å². The van der Waals surface area contributed by atoms with E-state index in [9.17, 15) is 5.11 Å². The van der Waals surface area contributed by atoms with Crippen LogP contribution in [0.1, 0.15) is 25.3 Å². The Hall–Kier alpha value is -1.85. The molecule has 1 aromatic heterocycles. The van der Waals surface area contributed by atoms with Crippen molar-refractivity contribution in [1.29, 1.82) is 0 Å². The molecular formula is C17H20ClN3O2. The molecule has 5 nitrogen and oxygen atoms in total. The lowest BCUT2D eigenvalue weighted by molar-refractivity contribution is 0.0117. The van der Waals surface area contributed by atoms with Gasteiger partial charge in [0.2, 0.25) is 5.88 Å². The summed E-state index contributed by atoms with van der Waals surface area (Å²) in [7, 11) is 0. The SMILES string of the molecule is CCOc1cncc(N2CCC(O)(c3ccccc3Cl)CC2)n1. The maximum atomic E-state index is 11.0. The number of benzene rings is 1. The van der Waals surface area contributed by atoms with Crippen molar-refractivity contribution < 1.29 is 9.84 Å². The molecule has 1 fully saturated rings. The van der Waals surface area contributed by atoms with Gasteiger partial charge in [0.1, 0.15) is 0 Å². The van der Waals surface area contributed by atoms with Crippen LogP contribution in [0.15, 0.2) is 36.7 Å². The number of halogens is 1. The summed E-state index contributed by atoms with van der Waals surface area (Å²) in [6.45, 7) is 3.85. The van der Waals surface area contributed by atoms with Gasteiger partial charge in [0, 0.05) is 23.7 Å². The summed E-state index contributed by atoms with van der Waals surface area (Å²) >= 11 is 6.24. The summed E-state index contributed by atoms with van der Waals surface area (Å²) in [6.07, 6.45) is 4.52. The average Bonchev–Trinajstić information content (AvgIpc) is 2.56. The number of anilines is 1. The fourth-order valence-corrected chi connectivity index (χ4v) is 3.23. The predicted molar refractivity (Wildman–Crippen MR) is 90.0 cm³/mol. The predicted octanol–water partition coefficient (Wildman–Crippen LogP) is 3.02. The van der Waals surface area contributed by atoms with E-state index in [2.05, 4.69) is 14.9 Å². The minimum absolute atomic E-state index is 0.525. The number of nitrogens with zero attached hydrogens (tertiary/aromatic N) is 3. The molecular weight excluding hydrogens is 314 g/mol. The first kappa shape index (κ1) is 16.0. The Morgan fingerprint density at radius 1 is 1.26 bits per heavy atom. The van der Waals surface area contributed by atoms with Crippen LogP contribution in [0, 0.1) is 0 Å². The third kappa shape index (κ3) is 3.41. The molecule has 2 aromatic rings. The Bertz CT molecular complexity index is 672. The molecule has 0 amide bonds. The van der Waals surface area contributed by atoms with Gasteiger partial charge in [0.15, 0.2) is 5.82 Å². The van der Waals surface area contributed by atoms with Gasteiger partial charge in [0.05, 0.1) is 24.6 Å². The highest BCUT2D eigenvalue weighted by Gasteiger charge is 2.35. The lowest BCUT2D eigenvalue weighted by Gasteiger charge is -2.39. The third-order valence-corrected chi connectivity index (χ3v) is 4.51. The number of rotatable bonds is 4. The van der Waals surface area contributed by atoms with Crippen LogP contribution >= 0.6 is 11.6 Å². The van der Waals surface area contributed by atoms with Crippen LogP contribution in [0.25, 0.3) is 0 Å². The van der Waals surface area contributed by atoms with Crippen LogP contribution in [-0.2, 0) is 5.60 Å². The molecule has 2 heterocycles. The number of aliphatic hydroxyl groups is 1. The van der Waals surface area contributed by atoms with Gasteiger partial charge in [0.25, 0.3) is 0 Å². The van der Waals surface area contributed by atoms with Crippen molar-refractivity contribution in [3.8, 4) is 5.88 Å². The molecule has 1 aliphatic heterocycles. The van der Waals surface area contributed by atoms with Crippen LogP contribution in [0.3, 0.4) is 0 Å². The second kappa shape index (κ2) is 6.72. The first-order valence-electron chi connectivity index (χ1n) is 7.79. The van der Waals surface area contributed by atoms with Crippen molar-refractivity contribution in [1.82, 2.24) is 9.97 Å². The molecule has 0 spiro atoms. The van der Waals surface area contributed by atoms with Crippen LogP contribution in [0.2, 0.25) is 5.02 Å². The molecule has 1 aliphatic rings. The number of ether oxygens (including phenoxy) is 1. The van der Waals surface area contributed by atoms with Crippen molar-refractivity contribution in [3.05, 3.63) is 47.2 Å². The average molecular weight is 334 g/mol. The van der Waals surface area contributed by atoms with Crippen LogP contribution in [-0.4, -0.2) is 34.8 Å². The van der Waals surface area contributed by atoms with Gasteiger partial charge in [-0.15, -0.1) is 0 Å². The monoisotopic (exact) mass is 333 g/mol. The summed E-state index contributed by atoms with van der Waals surface area (Å²) in [5.74, 6) is 1.30. The van der Waals surface area contributed by atoms with Crippen LogP contribution < -0.4 is 9.64 Å². The summed E-state index contributed by atoms with van der Waals surface area (Å²) in [6, 6.07) is 7.49. The molecule has 1 aromatic carbocycles. The first-order valence-corrected chi connectivity index (χ1v) is 8.17. The maximum Gasteiger partial charge on any atom is 0.234 e. The first-order chi connectivity index (χ1) is 11.1. The van der Waals surface area contributed by atoms with Crippen LogP contribution in [0.5, 0.6) is 5.88 Å². The van der Waals surface area contributed by atoms with Gasteiger partial charge in [-0.3, -0.25) is 4.98 Å². The molecule has 6 heteroatoms. The maximum absolute atomic E-state index is 11.0. The van der Waals surface area contributed by atoms with Gasteiger partial charge < -0.3 is 14.7 Å². The zero-order chi connectivity index (χ0) is 16.3. The van der Waals surface area contributed by atoms with Crippen molar-refractivity contribution >= 4 is 17.4 Å². The number of piperidine rings is 1. The number of hydrogen-bond acceptors (Lipinski definition) is 5. The molecule has 1 N–H and O–H groups in total. The fourth-order valence-electron chi connectivity index (χ4n) is 2.92. The topological polar surface area (TPSA) is 58.5 Å². The van der Waals surface area contributed by atoms with E-state index in [0.717, 1.165) is 11.4 Å². The van der Waals surface area contributed by atoms with Crippen molar-refractivity contribution in [2.75, 3.05) is 24.6 Å². The molecule has 0 bridgehead atoms.